The minimum Gasteiger partial charge on any atom is -0.462 e. The lowest BCUT2D eigenvalue weighted by molar-refractivity contribution is -0.167. The molecule has 0 amide bonds. The first-order valence-corrected chi connectivity index (χ1v) is 30.1. The zero-order valence-corrected chi connectivity index (χ0v) is 46.7. The molecule has 0 saturated carbocycles. The first-order chi connectivity index (χ1) is 35.0. The van der Waals surface area contributed by atoms with E-state index in [9.17, 15) is 14.4 Å². The van der Waals surface area contributed by atoms with Gasteiger partial charge in [-0.15, -0.1) is 0 Å². The predicted octanol–water partition coefficient (Wildman–Crippen LogP) is 20.3. The van der Waals surface area contributed by atoms with Gasteiger partial charge < -0.3 is 14.2 Å². The van der Waals surface area contributed by atoms with Gasteiger partial charge in [-0.3, -0.25) is 14.4 Å². The number of esters is 3. The molecular weight excluding hydrogens is 877 g/mol. The van der Waals surface area contributed by atoms with Gasteiger partial charge in [0.05, 0.1) is 0 Å². The van der Waals surface area contributed by atoms with Crippen LogP contribution >= 0.6 is 0 Å². The van der Waals surface area contributed by atoms with Crippen molar-refractivity contribution in [3.8, 4) is 0 Å². The van der Waals surface area contributed by atoms with Crippen molar-refractivity contribution in [1.82, 2.24) is 0 Å². The van der Waals surface area contributed by atoms with Crippen molar-refractivity contribution in [1.29, 1.82) is 0 Å². The Kier molecular flexibility index (Phi) is 56.3. The van der Waals surface area contributed by atoms with Gasteiger partial charge in [-0.1, -0.05) is 254 Å². The Morgan fingerprint density at radius 1 is 0.310 bits per heavy atom. The Bertz CT molecular complexity index is 1370. The monoisotopic (exact) mass is 989 g/mol. The summed E-state index contributed by atoms with van der Waals surface area (Å²) in [6, 6.07) is 0. The molecule has 408 valence electrons. The molecule has 0 aliphatic carbocycles. The lowest BCUT2D eigenvalue weighted by Crippen LogP contribution is -2.30. The highest BCUT2D eigenvalue weighted by molar-refractivity contribution is 5.71. The second kappa shape index (κ2) is 59.2. The molecule has 0 heterocycles. The highest BCUT2D eigenvalue weighted by Gasteiger charge is 2.19. The number of carbonyl (C=O) groups is 3. The molecule has 71 heavy (non-hydrogen) atoms. The van der Waals surface area contributed by atoms with Crippen LogP contribution in [-0.2, 0) is 28.6 Å². The third-order valence-electron chi connectivity index (χ3n) is 12.9. The molecule has 0 spiro atoms. The maximum Gasteiger partial charge on any atom is 0.306 e. The summed E-state index contributed by atoms with van der Waals surface area (Å²) in [7, 11) is 0. The molecule has 6 heteroatoms. The van der Waals surface area contributed by atoms with Gasteiger partial charge in [0.15, 0.2) is 6.10 Å². The zero-order valence-electron chi connectivity index (χ0n) is 46.7. The number of hydrogen-bond donors (Lipinski definition) is 0. The van der Waals surface area contributed by atoms with Crippen LogP contribution in [0.1, 0.15) is 290 Å². The van der Waals surface area contributed by atoms with Crippen LogP contribution in [0, 0.1) is 0 Å². The minimum atomic E-state index is -0.796. The number of allylic oxidation sites excluding steroid dienone is 14. The van der Waals surface area contributed by atoms with E-state index in [0.717, 1.165) is 109 Å². The van der Waals surface area contributed by atoms with E-state index in [-0.39, 0.29) is 31.1 Å². The third kappa shape index (κ3) is 57.4. The second-order valence-electron chi connectivity index (χ2n) is 19.9. The number of carbonyl (C=O) groups excluding carboxylic acids is 3. The van der Waals surface area contributed by atoms with Crippen molar-refractivity contribution in [2.45, 2.75) is 297 Å². The van der Waals surface area contributed by atoms with Crippen LogP contribution in [0.3, 0.4) is 0 Å². The predicted molar refractivity (Wildman–Crippen MR) is 307 cm³/mol. The van der Waals surface area contributed by atoms with E-state index in [1.807, 2.05) is 0 Å². The van der Waals surface area contributed by atoms with E-state index in [1.165, 1.54) is 141 Å². The molecule has 6 nitrogen and oxygen atoms in total. The van der Waals surface area contributed by atoms with E-state index in [1.54, 1.807) is 0 Å². The maximum absolute atomic E-state index is 12.9. The summed E-state index contributed by atoms with van der Waals surface area (Å²) < 4.78 is 16.9. The first kappa shape index (κ1) is 67.6. The molecular formula is C65H112O6. The molecule has 0 aromatic heterocycles. The van der Waals surface area contributed by atoms with Crippen LogP contribution in [-0.4, -0.2) is 37.2 Å². The van der Waals surface area contributed by atoms with E-state index in [0.29, 0.717) is 19.3 Å². The normalized spacial score (nSPS) is 12.7. The summed E-state index contributed by atoms with van der Waals surface area (Å²) in [5.74, 6) is -0.920. The van der Waals surface area contributed by atoms with Crippen LogP contribution < -0.4 is 0 Å². The number of hydrogen-bond acceptors (Lipinski definition) is 6. The molecule has 0 saturated heterocycles. The van der Waals surface area contributed by atoms with Gasteiger partial charge in [0.1, 0.15) is 13.2 Å². The maximum atomic E-state index is 12.9. The van der Waals surface area contributed by atoms with Crippen LogP contribution in [0.15, 0.2) is 85.1 Å². The van der Waals surface area contributed by atoms with Gasteiger partial charge in [-0.25, -0.2) is 0 Å². The zero-order chi connectivity index (χ0) is 51.4. The summed E-state index contributed by atoms with van der Waals surface area (Å²) in [6.45, 7) is 6.50. The lowest BCUT2D eigenvalue weighted by Gasteiger charge is -2.18. The van der Waals surface area contributed by atoms with Gasteiger partial charge in [0.2, 0.25) is 0 Å². The summed E-state index contributed by atoms with van der Waals surface area (Å²) in [5, 5.41) is 0. The van der Waals surface area contributed by atoms with E-state index < -0.39 is 6.10 Å². The van der Waals surface area contributed by atoms with Crippen molar-refractivity contribution in [2.75, 3.05) is 13.2 Å². The van der Waals surface area contributed by atoms with E-state index >= 15 is 0 Å². The molecule has 0 aliphatic rings. The first-order valence-electron chi connectivity index (χ1n) is 30.1. The number of unbranched alkanes of at least 4 members (excludes halogenated alkanes) is 31. The molecule has 1 atom stereocenters. The topological polar surface area (TPSA) is 78.9 Å². The van der Waals surface area contributed by atoms with Gasteiger partial charge in [-0.05, 0) is 103 Å². The Labute approximate surface area is 439 Å². The SMILES string of the molecule is CC/C=C\C/C=C\C/C=C\CCCCCCCCC(=O)OCC(COC(=O)CCCCCCCCC/C=C\CCCCCCCCCC)OC(=O)CCCCCCC\C=C/C=C\C=C/CCCCCCC. The van der Waals surface area contributed by atoms with Crippen LogP contribution in [0.25, 0.3) is 0 Å². The minimum absolute atomic E-state index is 0.0912. The lowest BCUT2D eigenvalue weighted by atomic mass is 10.1. The summed E-state index contributed by atoms with van der Waals surface area (Å²) in [5.41, 5.74) is 0. The molecule has 0 aromatic carbocycles. The Morgan fingerprint density at radius 2 is 0.606 bits per heavy atom. The quantitative estimate of drug-likeness (QED) is 0.0199. The van der Waals surface area contributed by atoms with Crippen LogP contribution in [0.4, 0.5) is 0 Å². The number of ether oxygens (including phenoxy) is 3. The molecule has 1 unspecified atom stereocenters. The van der Waals surface area contributed by atoms with Gasteiger partial charge >= 0.3 is 17.9 Å². The molecule has 0 radical (unpaired) electrons. The van der Waals surface area contributed by atoms with Gasteiger partial charge in [0, 0.05) is 19.3 Å². The molecule has 0 bridgehead atoms. The fourth-order valence-corrected chi connectivity index (χ4v) is 8.39. The van der Waals surface area contributed by atoms with Gasteiger partial charge in [0.25, 0.3) is 0 Å². The highest BCUT2D eigenvalue weighted by Crippen LogP contribution is 2.15. The van der Waals surface area contributed by atoms with Crippen molar-refractivity contribution in [3.63, 3.8) is 0 Å². The van der Waals surface area contributed by atoms with Crippen LogP contribution in [0.5, 0.6) is 0 Å². The highest BCUT2D eigenvalue weighted by atomic mass is 16.6. The molecule has 0 fully saturated rings. The van der Waals surface area contributed by atoms with Crippen molar-refractivity contribution < 1.29 is 28.6 Å². The smallest absolute Gasteiger partial charge is 0.306 e. The van der Waals surface area contributed by atoms with Crippen molar-refractivity contribution in [2.24, 2.45) is 0 Å². The summed E-state index contributed by atoms with van der Waals surface area (Å²) in [6.07, 6.45) is 77.1. The summed E-state index contributed by atoms with van der Waals surface area (Å²) in [4.78, 5) is 38.2. The fourth-order valence-electron chi connectivity index (χ4n) is 8.39. The largest absolute Gasteiger partial charge is 0.462 e. The second-order valence-corrected chi connectivity index (χ2v) is 19.9. The fraction of sp³-hybridized carbons (Fsp3) is 0.738. The molecule has 0 rings (SSSR count). The van der Waals surface area contributed by atoms with Crippen molar-refractivity contribution in [3.05, 3.63) is 85.1 Å². The van der Waals surface area contributed by atoms with Gasteiger partial charge in [-0.2, -0.15) is 0 Å². The third-order valence-corrected chi connectivity index (χ3v) is 12.9. The van der Waals surface area contributed by atoms with E-state index in [4.69, 9.17) is 14.2 Å². The standard InChI is InChI=1S/C65H112O6/c1-4-7-10-13-16-19-22-25-28-31-33-35-37-40-43-46-49-52-55-58-64(67)70-61-62(60-69-63(66)57-54-51-48-45-42-39-36-30-27-24-21-18-15-12-9-6-3)71-65(68)59-56-53-50-47-44-41-38-34-32-29-26-23-20-17-14-11-8-5-2/h9,12,18,21,23,26-27,29-34,38,62H,4-8,10-11,13-17,19-20,22,24-25,28,35-37,39-61H2,1-3H3/b12-9-,21-18-,26-23-,30-27-,32-29-,33-31-,38-34-. The van der Waals surface area contributed by atoms with Crippen molar-refractivity contribution >= 4 is 17.9 Å². The Balaban J connectivity index is 4.44. The van der Waals surface area contributed by atoms with E-state index in [2.05, 4.69) is 106 Å². The molecule has 0 aromatic rings. The molecule has 0 N–H and O–H groups in total. The average molecular weight is 990 g/mol. The Morgan fingerprint density at radius 3 is 0.986 bits per heavy atom. The molecule has 0 aliphatic heterocycles. The summed E-state index contributed by atoms with van der Waals surface area (Å²) >= 11 is 0. The average Bonchev–Trinajstić information content (AvgIpc) is 3.37. The number of rotatable bonds is 54. The Hall–Kier alpha value is -3.41. The van der Waals surface area contributed by atoms with Crippen LogP contribution in [0.2, 0.25) is 0 Å².